The minimum atomic E-state index is -1.12. The minimum Gasteiger partial charge on any atom is -0.468 e. The van der Waals surface area contributed by atoms with Gasteiger partial charge in [0.25, 0.3) is 0 Å². The Labute approximate surface area is 82.8 Å². The Morgan fingerprint density at radius 2 is 2.36 bits per heavy atom. The molecule has 0 radical (unpaired) electrons. The average molecular weight is 195 g/mol. The van der Waals surface area contributed by atoms with Crippen molar-refractivity contribution in [1.82, 2.24) is 4.90 Å². The van der Waals surface area contributed by atoms with E-state index in [4.69, 9.17) is 0 Å². The molecule has 3 atom stereocenters. The number of methoxy groups -OCH3 is 1. The van der Waals surface area contributed by atoms with Crippen molar-refractivity contribution in [2.45, 2.75) is 24.6 Å². The molecule has 4 nitrogen and oxygen atoms in total. The SMILES string of the molecule is COC(=O)C1C#C[C@@H]2CC[C@@]1(O)N2C. The third-order valence-electron chi connectivity index (χ3n) is 3.16. The van der Waals surface area contributed by atoms with Gasteiger partial charge in [0.1, 0.15) is 5.72 Å². The Hall–Kier alpha value is -1.05. The van der Waals surface area contributed by atoms with E-state index in [1.54, 1.807) is 11.9 Å². The van der Waals surface area contributed by atoms with E-state index in [1.165, 1.54) is 7.11 Å². The van der Waals surface area contributed by atoms with Gasteiger partial charge in [0, 0.05) is 0 Å². The normalized spacial score (nSPS) is 40.2. The van der Waals surface area contributed by atoms with E-state index in [-0.39, 0.29) is 6.04 Å². The first-order valence-electron chi connectivity index (χ1n) is 4.64. The Bertz CT molecular complexity index is 330. The molecule has 2 heterocycles. The summed E-state index contributed by atoms with van der Waals surface area (Å²) >= 11 is 0. The second-order valence-corrected chi connectivity index (χ2v) is 3.79. The molecule has 0 saturated carbocycles. The zero-order chi connectivity index (χ0) is 10.3. The first-order valence-corrected chi connectivity index (χ1v) is 4.64. The lowest BCUT2D eigenvalue weighted by Gasteiger charge is -2.37. The molecular formula is C10H13NO3. The van der Waals surface area contributed by atoms with Crippen LogP contribution < -0.4 is 0 Å². The quantitative estimate of drug-likeness (QED) is 0.456. The van der Waals surface area contributed by atoms with Gasteiger partial charge >= 0.3 is 5.97 Å². The van der Waals surface area contributed by atoms with Crippen molar-refractivity contribution in [2.24, 2.45) is 5.92 Å². The van der Waals surface area contributed by atoms with Crippen LogP contribution in [-0.4, -0.2) is 41.9 Å². The summed E-state index contributed by atoms with van der Waals surface area (Å²) in [5, 5.41) is 10.3. The van der Waals surface area contributed by atoms with Gasteiger partial charge in [-0.3, -0.25) is 9.69 Å². The van der Waals surface area contributed by atoms with Crippen LogP contribution in [0.2, 0.25) is 0 Å². The molecule has 1 fully saturated rings. The van der Waals surface area contributed by atoms with Crippen LogP contribution in [-0.2, 0) is 9.53 Å². The molecule has 14 heavy (non-hydrogen) atoms. The molecule has 2 bridgehead atoms. The number of fused-ring (bicyclic) bond motifs is 2. The molecule has 0 aromatic rings. The van der Waals surface area contributed by atoms with E-state index >= 15 is 0 Å². The van der Waals surface area contributed by atoms with E-state index < -0.39 is 17.6 Å². The predicted octanol–water partition coefficient (Wildman–Crippen LogP) is -0.425. The van der Waals surface area contributed by atoms with Crippen molar-refractivity contribution in [3.05, 3.63) is 0 Å². The first-order chi connectivity index (χ1) is 6.59. The number of ether oxygens (including phenoxy) is 1. The fraction of sp³-hybridized carbons (Fsp3) is 0.700. The number of nitrogens with zero attached hydrogens (tertiary/aromatic N) is 1. The van der Waals surface area contributed by atoms with Crippen LogP contribution >= 0.6 is 0 Å². The number of carbonyl (C=O) groups is 1. The van der Waals surface area contributed by atoms with Gasteiger partial charge in [-0.15, -0.1) is 0 Å². The monoisotopic (exact) mass is 195 g/mol. The molecule has 1 saturated heterocycles. The van der Waals surface area contributed by atoms with E-state index in [0.717, 1.165) is 6.42 Å². The smallest absolute Gasteiger partial charge is 0.325 e. The Kier molecular flexibility index (Phi) is 2.02. The third kappa shape index (κ3) is 1.06. The maximum absolute atomic E-state index is 11.4. The van der Waals surface area contributed by atoms with Gasteiger partial charge in [-0.1, -0.05) is 11.8 Å². The van der Waals surface area contributed by atoms with Gasteiger partial charge in [-0.05, 0) is 19.9 Å². The van der Waals surface area contributed by atoms with Gasteiger partial charge in [0.2, 0.25) is 0 Å². The molecule has 76 valence electrons. The summed E-state index contributed by atoms with van der Waals surface area (Å²) < 4.78 is 4.63. The van der Waals surface area contributed by atoms with Crippen molar-refractivity contribution >= 4 is 5.97 Å². The van der Waals surface area contributed by atoms with Crippen molar-refractivity contribution in [1.29, 1.82) is 0 Å². The van der Waals surface area contributed by atoms with Crippen molar-refractivity contribution in [3.8, 4) is 11.8 Å². The van der Waals surface area contributed by atoms with Crippen molar-refractivity contribution in [2.75, 3.05) is 14.2 Å². The third-order valence-corrected chi connectivity index (χ3v) is 3.16. The molecule has 1 N–H and O–H groups in total. The molecule has 0 aromatic heterocycles. The lowest BCUT2D eigenvalue weighted by atomic mass is 9.93. The maximum atomic E-state index is 11.4. The fourth-order valence-electron chi connectivity index (χ4n) is 2.17. The van der Waals surface area contributed by atoms with Crippen LogP contribution in [0.25, 0.3) is 0 Å². The van der Waals surface area contributed by atoms with Crippen LogP contribution in [0.5, 0.6) is 0 Å². The van der Waals surface area contributed by atoms with Crippen molar-refractivity contribution < 1.29 is 14.6 Å². The lowest BCUT2D eigenvalue weighted by Crippen LogP contribution is -2.54. The molecule has 0 aromatic carbocycles. The maximum Gasteiger partial charge on any atom is 0.325 e. The molecule has 2 aliphatic rings. The molecule has 0 spiro atoms. The van der Waals surface area contributed by atoms with E-state index in [1.807, 2.05) is 0 Å². The summed E-state index contributed by atoms with van der Waals surface area (Å²) in [5.41, 5.74) is -1.12. The molecule has 0 amide bonds. The summed E-state index contributed by atoms with van der Waals surface area (Å²) in [7, 11) is 3.11. The summed E-state index contributed by atoms with van der Waals surface area (Å²) in [6.07, 6.45) is 1.38. The van der Waals surface area contributed by atoms with Crippen LogP contribution in [0.1, 0.15) is 12.8 Å². The highest BCUT2D eigenvalue weighted by Crippen LogP contribution is 2.38. The van der Waals surface area contributed by atoms with Crippen molar-refractivity contribution in [3.63, 3.8) is 0 Å². The highest BCUT2D eigenvalue weighted by atomic mass is 16.5. The summed E-state index contributed by atoms with van der Waals surface area (Å²) in [6.45, 7) is 0. The van der Waals surface area contributed by atoms with Gasteiger partial charge in [-0.25, -0.2) is 0 Å². The zero-order valence-corrected chi connectivity index (χ0v) is 8.28. The number of hydrogen-bond acceptors (Lipinski definition) is 4. The van der Waals surface area contributed by atoms with Crippen LogP contribution in [0.3, 0.4) is 0 Å². The number of rotatable bonds is 1. The Morgan fingerprint density at radius 3 is 3.00 bits per heavy atom. The molecule has 2 rings (SSSR count). The number of esters is 1. The number of aliphatic hydroxyl groups is 1. The predicted molar refractivity (Wildman–Crippen MR) is 49.0 cm³/mol. The molecule has 2 aliphatic heterocycles. The van der Waals surface area contributed by atoms with E-state index in [9.17, 15) is 9.90 Å². The Balaban J connectivity index is 2.35. The Morgan fingerprint density at radius 1 is 1.64 bits per heavy atom. The highest BCUT2D eigenvalue weighted by Gasteiger charge is 2.53. The first kappa shape index (κ1) is 9.50. The summed E-state index contributed by atoms with van der Waals surface area (Å²) in [6, 6.07) is 0.0842. The fourth-order valence-corrected chi connectivity index (χ4v) is 2.17. The zero-order valence-electron chi connectivity index (χ0n) is 8.28. The lowest BCUT2D eigenvalue weighted by molar-refractivity contribution is -0.165. The number of hydrogen-bond donors (Lipinski definition) is 1. The van der Waals surface area contributed by atoms with E-state index in [2.05, 4.69) is 16.6 Å². The van der Waals surface area contributed by atoms with Crippen LogP contribution in [0, 0.1) is 17.8 Å². The van der Waals surface area contributed by atoms with Crippen LogP contribution in [0.15, 0.2) is 0 Å². The van der Waals surface area contributed by atoms with E-state index in [0.29, 0.717) is 6.42 Å². The van der Waals surface area contributed by atoms with Gasteiger partial charge < -0.3 is 9.84 Å². The summed E-state index contributed by atoms with van der Waals surface area (Å²) in [4.78, 5) is 13.2. The van der Waals surface area contributed by atoms with Gasteiger partial charge in [0.15, 0.2) is 5.92 Å². The topological polar surface area (TPSA) is 49.8 Å². The van der Waals surface area contributed by atoms with Gasteiger partial charge in [-0.2, -0.15) is 0 Å². The van der Waals surface area contributed by atoms with Crippen LogP contribution in [0.4, 0.5) is 0 Å². The molecule has 1 unspecified atom stereocenters. The highest BCUT2D eigenvalue weighted by molar-refractivity contribution is 5.77. The average Bonchev–Trinajstić information content (AvgIpc) is 2.39. The second-order valence-electron chi connectivity index (χ2n) is 3.79. The summed E-state index contributed by atoms with van der Waals surface area (Å²) in [5.74, 6) is 4.57. The minimum absolute atomic E-state index is 0.0842. The molecule has 0 aliphatic carbocycles. The largest absolute Gasteiger partial charge is 0.468 e. The van der Waals surface area contributed by atoms with Gasteiger partial charge in [0.05, 0.1) is 13.2 Å². The standard InChI is InChI=1S/C10H13NO3/c1-11-7-3-4-8(9(12)14-2)10(11,13)6-5-7/h7-8,13H,5-6H2,1-2H3/t7-,8?,10+/m1/s1. The molecule has 4 heteroatoms. The molecular weight excluding hydrogens is 182 g/mol. The second kappa shape index (κ2) is 2.97. The number of carbonyl (C=O) groups excluding carboxylic acids is 1.